The van der Waals surface area contributed by atoms with Crippen molar-refractivity contribution >= 4 is 21.7 Å². The summed E-state index contributed by atoms with van der Waals surface area (Å²) in [4.78, 5) is 12.4. The average molecular weight is 313 g/mol. The minimum atomic E-state index is -0.313. The molecular formula is C14H17BrO3. The second-order valence-electron chi connectivity index (χ2n) is 4.29. The van der Waals surface area contributed by atoms with Crippen LogP contribution in [-0.4, -0.2) is 25.1 Å². The van der Waals surface area contributed by atoms with Gasteiger partial charge in [-0.05, 0) is 44.4 Å². The van der Waals surface area contributed by atoms with Crippen LogP contribution in [0.4, 0.5) is 0 Å². The Morgan fingerprint density at radius 2 is 2.33 bits per heavy atom. The van der Waals surface area contributed by atoms with Crippen molar-refractivity contribution in [3.8, 4) is 5.75 Å². The minimum Gasteiger partial charge on any atom is -0.493 e. The standard InChI is InChI=1S/C14H17BrO3/c1-2-17-12-7-6-10(15)9-11(12)14(16)13-5-3-4-8-18-13/h6-7,9,13H,2-5,8H2,1H3. The zero-order chi connectivity index (χ0) is 13.0. The van der Waals surface area contributed by atoms with Crippen LogP contribution in [0.3, 0.4) is 0 Å². The Morgan fingerprint density at radius 1 is 1.50 bits per heavy atom. The largest absolute Gasteiger partial charge is 0.493 e. The predicted molar refractivity (Wildman–Crippen MR) is 73.2 cm³/mol. The van der Waals surface area contributed by atoms with Crippen LogP contribution >= 0.6 is 15.9 Å². The molecule has 1 heterocycles. The maximum atomic E-state index is 12.4. The monoisotopic (exact) mass is 312 g/mol. The third kappa shape index (κ3) is 3.12. The van der Waals surface area contributed by atoms with E-state index in [4.69, 9.17) is 9.47 Å². The highest BCUT2D eigenvalue weighted by molar-refractivity contribution is 9.10. The Kier molecular flexibility index (Phi) is 4.78. The molecule has 1 fully saturated rings. The summed E-state index contributed by atoms with van der Waals surface area (Å²) in [6.07, 6.45) is 2.58. The number of rotatable bonds is 4. The van der Waals surface area contributed by atoms with Gasteiger partial charge in [-0.1, -0.05) is 15.9 Å². The van der Waals surface area contributed by atoms with Gasteiger partial charge in [-0.3, -0.25) is 4.79 Å². The molecule has 1 unspecified atom stereocenters. The molecule has 1 aliphatic rings. The summed E-state index contributed by atoms with van der Waals surface area (Å²) in [7, 11) is 0. The number of halogens is 1. The predicted octanol–water partition coefficient (Wildman–Crippen LogP) is 3.60. The number of ketones is 1. The van der Waals surface area contributed by atoms with Gasteiger partial charge in [-0.15, -0.1) is 0 Å². The molecule has 1 saturated heterocycles. The highest BCUT2D eigenvalue weighted by Gasteiger charge is 2.25. The van der Waals surface area contributed by atoms with Gasteiger partial charge >= 0.3 is 0 Å². The van der Waals surface area contributed by atoms with Crippen LogP contribution in [0.15, 0.2) is 22.7 Å². The first kappa shape index (κ1) is 13.6. The summed E-state index contributed by atoms with van der Waals surface area (Å²) < 4.78 is 11.9. The molecule has 0 spiro atoms. The zero-order valence-electron chi connectivity index (χ0n) is 10.4. The number of carbonyl (C=O) groups excluding carboxylic acids is 1. The van der Waals surface area contributed by atoms with E-state index < -0.39 is 0 Å². The molecule has 98 valence electrons. The Balaban J connectivity index is 2.24. The normalized spacial score (nSPS) is 19.6. The first-order valence-electron chi connectivity index (χ1n) is 6.30. The molecule has 0 saturated carbocycles. The third-order valence-corrected chi connectivity index (χ3v) is 3.47. The number of ether oxygens (including phenoxy) is 2. The van der Waals surface area contributed by atoms with Crippen molar-refractivity contribution in [2.75, 3.05) is 13.2 Å². The van der Waals surface area contributed by atoms with Gasteiger partial charge in [0.1, 0.15) is 11.9 Å². The number of hydrogen-bond acceptors (Lipinski definition) is 3. The highest BCUT2D eigenvalue weighted by atomic mass is 79.9. The summed E-state index contributed by atoms with van der Waals surface area (Å²) >= 11 is 3.39. The van der Waals surface area contributed by atoms with Crippen molar-refractivity contribution in [1.29, 1.82) is 0 Å². The Labute approximate surface area is 116 Å². The average Bonchev–Trinajstić information content (AvgIpc) is 2.41. The van der Waals surface area contributed by atoms with E-state index in [1.54, 1.807) is 0 Å². The lowest BCUT2D eigenvalue weighted by Crippen LogP contribution is -2.28. The Morgan fingerprint density at radius 3 is 3.00 bits per heavy atom. The van der Waals surface area contributed by atoms with Crippen LogP contribution in [0, 0.1) is 0 Å². The Bertz CT molecular complexity index is 425. The topological polar surface area (TPSA) is 35.5 Å². The van der Waals surface area contributed by atoms with Crippen molar-refractivity contribution in [2.45, 2.75) is 32.3 Å². The molecule has 1 aromatic carbocycles. The van der Waals surface area contributed by atoms with Gasteiger partial charge in [0.15, 0.2) is 5.78 Å². The van der Waals surface area contributed by atoms with E-state index in [0.717, 1.165) is 23.7 Å². The number of hydrogen-bond donors (Lipinski definition) is 0. The van der Waals surface area contributed by atoms with E-state index in [2.05, 4.69) is 15.9 Å². The van der Waals surface area contributed by atoms with Crippen molar-refractivity contribution in [1.82, 2.24) is 0 Å². The van der Waals surface area contributed by atoms with Gasteiger partial charge in [-0.25, -0.2) is 0 Å². The lowest BCUT2D eigenvalue weighted by atomic mass is 9.99. The fraction of sp³-hybridized carbons (Fsp3) is 0.500. The summed E-state index contributed by atoms with van der Waals surface area (Å²) in [5.74, 6) is 0.666. The van der Waals surface area contributed by atoms with Crippen LogP contribution in [0.25, 0.3) is 0 Å². The second kappa shape index (κ2) is 6.34. The van der Waals surface area contributed by atoms with Crippen molar-refractivity contribution < 1.29 is 14.3 Å². The second-order valence-corrected chi connectivity index (χ2v) is 5.21. The smallest absolute Gasteiger partial charge is 0.195 e. The van der Waals surface area contributed by atoms with E-state index in [1.807, 2.05) is 25.1 Å². The molecule has 1 atom stereocenters. The van der Waals surface area contributed by atoms with E-state index >= 15 is 0 Å². The van der Waals surface area contributed by atoms with Gasteiger partial charge in [-0.2, -0.15) is 0 Å². The maximum absolute atomic E-state index is 12.4. The third-order valence-electron chi connectivity index (χ3n) is 2.98. The highest BCUT2D eigenvalue weighted by Crippen LogP contribution is 2.27. The van der Waals surface area contributed by atoms with Crippen LogP contribution < -0.4 is 4.74 Å². The molecule has 0 N–H and O–H groups in total. The van der Waals surface area contributed by atoms with Crippen LogP contribution in [0.2, 0.25) is 0 Å². The van der Waals surface area contributed by atoms with Gasteiger partial charge in [0.05, 0.1) is 12.2 Å². The maximum Gasteiger partial charge on any atom is 0.195 e. The molecule has 0 aliphatic carbocycles. The molecule has 4 heteroatoms. The molecule has 1 aromatic rings. The van der Waals surface area contributed by atoms with E-state index in [0.29, 0.717) is 24.5 Å². The summed E-state index contributed by atoms with van der Waals surface area (Å²) in [5.41, 5.74) is 0.609. The van der Waals surface area contributed by atoms with E-state index in [9.17, 15) is 4.79 Å². The Hall–Kier alpha value is -0.870. The molecule has 2 rings (SSSR count). The first-order valence-corrected chi connectivity index (χ1v) is 7.10. The molecule has 18 heavy (non-hydrogen) atoms. The number of carbonyl (C=O) groups is 1. The fourth-order valence-corrected chi connectivity index (χ4v) is 2.46. The minimum absolute atomic E-state index is 0.0273. The van der Waals surface area contributed by atoms with Crippen LogP contribution in [0.1, 0.15) is 36.5 Å². The summed E-state index contributed by atoms with van der Waals surface area (Å²) in [6, 6.07) is 5.51. The van der Waals surface area contributed by atoms with E-state index in [-0.39, 0.29) is 11.9 Å². The molecular weight excluding hydrogens is 296 g/mol. The van der Waals surface area contributed by atoms with Gasteiger partial charge < -0.3 is 9.47 Å². The van der Waals surface area contributed by atoms with E-state index in [1.165, 1.54) is 0 Å². The molecule has 1 aliphatic heterocycles. The summed E-state index contributed by atoms with van der Waals surface area (Å²) in [5, 5.41) is 0. The quantitative estimate of drug-likeness (QED) is 0.797. The van der Waals surface area contributed by atoms with Gasteiger partial charge in [0.2, 0.25) is 0 Å². The fourth-order valence-electron chi connectivity index (χ4n) is 2.10. The van der Waals surface area contributed by atoms with Crippen molar-refractivity contribution in [3.05, 3.63) is 28.2 Å². The van der Waals surface area contributed by atoms with Crippen molar-refractivity contribution in [3.63, 3.8) is 0 Å². The van der Waals surface area contributed by atoms with Crippen molar-refractivity contribution in [2.24, 2.45) is 0 Å². The number of Topliss-reactive ketones (excluding diaryl/α,β-unsaturated/α-hetero) is 1. The molecule has 0 bridgehead atoms. The summed E-state index contributed by atoms with van der Waals surface area (Å²) in [6.45, 7) is 3.13. The van der Waals surface area contributed by atoms with Crippen LogP contribution in [0.5, 0.6) is 5.75 Å². The molecule has 0 radical (unpaired) electrons. The van der Waals surface area contributed by atoms with Crippen LogP contribution in [-0.2, 0) is 4.74 Å². The molecule has 3 nitrogen and oxygen atoms in total. The van der Waals surface area contributed by atoms with Gasteiger partial charge in [0.25, 0.3) is 0 Å². The molecule has 0 amide bonds. The SMILES string of the molecule is CCOc1ccc(Br)cc1C(=O)C1CCCCO1. The lowest BCUT2D eigenvalue weighted by molar-refractivity contribution is 0.0184. The lowest BCUT2D eigenvalue weighted by Gasteiger charge is -2.22. The number of benzene rings is 1. The van der Waals surface area contributed by atoms with Gasteiger partial charge in [0, 0.05) is 11.1 Å². The zero-order valence-corrected chi connectivity index (χ0v) is 12.0. The first-order chi connectivity index (χ1) is 8.72. The molecule has 0 aromatic heterocycles.